The molecule has 1 amide bonds. The minimum Gasteiger partial charge on any atom is -0.493 e. The molecule has 3 aromatic rings. The van der Waals surface area contributed by atoms with E-state index in [1.165, 1.54) is 12.4 Å². The average molecular weight is 489 g/mol. The Balaban J connectivity index is 1.53. The number of nitrogens with one attached hydrogen (secondary N) is 2. The van der Waals surface area contributed by atoms with Crippen LogP contribution in [0.5, 0.6) is 5.75 Å². The Morgan fingerprint density at radius 2 is 1.91 bits per heavy atom. The highest BCUT2D eigenvalue weighted by atomic mass is 19.4. The predicted octanol–water partition coefficient (Wildman–Crippen LogP) is 4.77. The van der Waals surface area contributed by atoms with Crippen molar-refractivity contribution in [2.75, 3.05) is 6.61 Å². The van der Waals surface area contributed by atoms with E-state index in [0.717, 1.165) is 25.0 Å². The molecule has 2 aliphatic carbocycles. The molecule has 186 valence electrons. The predicted molar refractivity (Wildman–Crippen MR) is 123 cm³/mol. The maximum Gasteiger partial charge on any atom is 0.416 e. The Kier molecular flexibility index (Phi) is 6.16. The van der Waals surface area contributed by atoms with Crippen LogP contribution >= 0.6 is 0 Å². The SMILES string of the molecule is Cc1[nH]c2c(-c3cc(C(F)(F)F)ccc3OCC3CC3)ncnc2c1C(=O)NC1CCC(O)CC1. The van der Waals surface area contributed by atoms with Crippen molar-refractivity contribution in [3.05, 3.63) is 41.3 Å². The second kappa shape index (κ2) is 9.14. The molecule has 35 heavy (non-hydrogen) atoms. The van der Waals surface area contributed by atoms with Crippen LogP contribution in [-0.2, 0) is 6.18 Å². The van der Waals surface area contributed by atoms with Crippen molar-refractivity contribution in [3.63, 3.8) is 0 Å². The van der Waals surface area contributed by atoms with Gasteiger partial charge in [0.15, 0.2) is 0 Å². The van der Waals surface area contributed by atoms with Crippen molar-refractivity contribution in [1.29, 1.82) is 0 Å². The molecule has 2 heterocycles. The second-order valence-electron chi connectivity index (χ2n) is 9.51. The van der Waals surface area contributed by atoms with E-state index in [2.05, 4.69) is 20.3 Å². The molecule has 7 nitrogen and oxygen atoms in total. The molecule has 10 heteroatoms. The first kappa shape index (κ1) is 23.6. The van der Waals surface area contributed by atoms with Gasteiger partial charge in [-0.1, -0.05) is 0 Å². The van der Waals surface area contributed by atoms with Crippen molar-refractivity contribution < 1.29 is 27.8 Å². The summed E-state index contributed by atoms with van der Waals surface area (Å²) in [4.78, 5) is 24.9. The summed E-state index contributed by atoms with van der Waals surface area (Å²) in [5.41, 5.74) is 1.23. The third-order valence-electron chi connectivity index (χ3n) is 6.76. The third-order valence-corrected chi connectivity index (χ3v) is 6.76. The Morgan fingerprint density at radius 3 is 2.60 bits per heavy atom. The standard InChI is InChI=1S/C25H27F3N4O3/c1-13-20(24(34)32-16-5-7-17(33)8-6-16)22-23(31-13)21(29-12-30-22)18-10-15(25(26,27)28)4-9-19(18)35-11-14-2-3-14/h4,9-10,12,14,16-17,31,33H,2-3,5-8,11H2,1H3,(H,32,34). The highest BCUT2D eigenvalue weighted by Crippen LogP contribution is 2.40. The summed E-state index contributed by atoms with van der Waals surface area (Å²) in [5, 5.41) is 12.7. The molecular formula is C25H27F3N4O3. The number of carbonyl (C=O) groups is 1. The molecule has 1 aromatic carbocycles. The molecular weight excluding hydrogens is 461 g/mol. The molecule has 0 aliphatic heterocycles. The number of aromatic nitrogens is 3. The zero-order valence-electron chi connectivity index (χ0n) is 19.3. The van der Waals surface area contributed by atoms with Gasteiger partial charge in [-0.05, 0) is 69.6 Å². The fourth-order valence-corrected chi connectivity index (χ4v) is 4.59. The zero-order valence-corrected chi connectivity index (χ0v) is 19.3. The lowest BCUT2D eigenvalue weighted by Gasteiger charge is -2.26. The summed E-state index contributed by atoms with van der Waals surface area (Å²) in [7, 11) is 0. The number of aliphatic hydroxyl groups excluding tert-OH is 1. The molecule has 0 bridgehead atoms. The summed E-state index contributed by atoms with van der Waals surface area (Å²) in [6.07, 6.45) is 1.10. The number of hydrogen-bond acceptors (Lipinski definition) is 5. The van der Waals surface area contributed by atoms with E-state index in [-0.39, 0.29) is 29.3 Å². The van der Waals surface area contributed by atoms with E-state index in [1.807, 2.05) is 0 Å². The van der Waals surface area contributed by atoms with Crippen LogP contribution in [0.25, 0.3) is 22.3 Å². The van der Waals surface area contributed by atoms with E-state index in [9.17, 15) is 23.1 Å². The van der Waals surface area contributed by atoms with Crippen molar-refractivity contribution in [2.24, 2.45) is 5.92 Å². The number of nitrogens with zero attached hydrogens (tertiary/aromatic N) is 2. The monoisotopic (exact) mass is 488 g/mol. The van der Waals surface area contributed by atoms with Crippen LogP contribution in [0.2, 0.25) is 0 Å². The molecule has 2 fully saturated rings. The average Bonchev–Trinajstić information content (AvgIpc) is 3.58. The molecule has 0 atom stereocenters. The Hall–Kier alpha value is -3.14. The van der Waals surface area contributed by atoms with Gasteiger partial charge in [0.25, 0.3) is 5.91 Å². The van der Waals surface area contributed by atoms with Gasteiger partial charge in [-0.15, -0.1) is 0 Å². The Bertz CT molecular complexity index is 1240. The zero-order chi connectivity index (χ0) is 24.7. The molecule has 3 N–H and O–H groups in total. The van der Waals surface area contributed by atoms with Crippen LogP contribution in [0, 0.1) is 12.8 Å². The number of fused-ring (bicyclic) bond motifs is 1. The first-order chi connectivity index (χ1) is 16.7. The highest BCUT2D eigenvalue weighted by molar-refractivity contribution is 6.09. The van der Waals surface area contributed by atoms with Crippen LogP contribution in [0.4, 0.5) is 13.2 Å². The van der Waals surface area contributed by atoms with Crippen LogP contribution in [0.1, 0.15) is 60.1 Å². The van der Waals surface area contributed by atoms with E-state index in [4.69, 9.17) is 4.74 Å². The van der Waals surface area contributed by atoms with Gasteiger partial charge in [0.1, 0.15) is 23.3 Å². The summed E-state index contributed by atoms with van der Waals surface area (Å²) in [6.45, 7) is 2.15. The van der Waals surface area contributed by atoms with Gasteiger partial charge in [0.2, 0.25) is 0 Å². The molecule has 0 spiro atoms. The van der Waals surface area contributed by atoms with Crippen LogP contribution in [0.15, 0.2) is 24.5 Å². The van der Waals surface area contributed by atoms with Gasteiger partial charge < -0.3 is 20.1 Å². The number of halogens is 3. The first-order valence-corrected chi connectivity index (χ1v) is 11.9. The topological polar surface area (TPSA) is 100 Å². The molecule has 2 aliphatic rings. The van der Waals surface area contributed by atoms with Gasteiger partial charge in [-0.2, -0.15) is 13.2 Å². The minimum absolute atomic E-state index is 0.0533. The quantitative estimate of drug-likeness (QED) is 0.464. The van der Waals surface area contributed by atoms with Crippen LogP contribution in [0.3, 0.4) is 0 Å². The van der Waals surface area contributed by atoms with Crippen LogP contribution < -0.4 is 10.1 Å². The number of rotatable bonds is 6. The molecule has 0 unspecified atom stereocenters. The first-order valence-electron chi connectivity index (χ1n) is 11.9. The lowest BCUT2D eigenvalue weighted by atomic mass is 9.93. The van der Waals surface area contributed by atoms with Gasteiger partial charge >= 0.3 is 6.18 Å². The van der Waals surface area contributed by atoms with Gasteiger partial charge in [-0.25, -0.2) is 9.97 Å². The fraction of sp³-hybridized carbons (Fsp3) is 0.480. The molecule has 2 saturated carbocycles. The Morgan fingerprint density at radius 1 is 1.17 bits per heavy atom. The number of benzene rings is 1. The second-order valence-corrected chi connectivity index (χ2v) is 9.51. The van der Waals surface area contributed by atoms with Gasteiger partial charge in [-0.3, -0.25) is 4.79 Å². The number of aliphatic hydroxyl groups is 1. The van der Waals surface area contributed by atoms with Crippen molar-refractivity contribution in [2.45, 2.75) is 63.8 Å². The summed E-state index contributed by atoms with van der Waals surface area (Å²) >= 11 is 0. The van der Waals surface area contributed by atoms with Crippen molar-refractivity contribution >= 4 is 16.9 Å². The van der Waals surface area contributed by atoms with E-state index in [0.29, 0.717) is 66.2 Å². The van der Waals surface area contributed by atoms with Crippen LogP contribution in [-0.4, -0.2) is 44.7 Å². The largest absolute Gasteiger partial charge is 0.493 e. The fourth-order valence-electron chi connectivity index (χ4n) is 4.59. The number of alkyl halides is 3. The molecule has 5 rings (SSSR count). The lowest BCUT2D eigenvalue weighted by Crippen LogP contribution is -2.38. The molecule has 0 radical (unpaired) electrons. The maximum atomic E-state index is 13.5. The molecule has 0 saturated heterocycles. The Labute approximate surface area is 200 Å². The molecule has 2 aromatic heterocycles. The number of aromatic amines is 1. The lowest BCUT2D eigenvalue weighted by molar-refractivity contribution is -0.137. The van der Waals surface area contributed by atoms with Crippen molar-refractivity contribution in [1.82, 2.24) is 20.3 Å². The number of carbonyl (C=O) groups excluding carboxylic acids is 1. The number of H-pyrrole nitrogens is 1. The third kappa shape index (κ3) is 4.98. The highest BCUT2D eigenvalue weighted by Gasteiger charge is 2.33. The number of ether oxygens (including phenoxy) is 1. The number of amides is 1. The maximum absolute atomic E-state index is 13.5. The number of aryl methyl sites for hydroxylation is 1. The van der Waals surface area contributed by atoms with E-state index >= 15 is 0 Å². The van der Waals surface area contributed by atoms with E-state index < -0.39 is 11.7 Å². The van der Waals surface area contributed by atoms with Gasteiger partial charge in [0.05, 0.1) is 29.4 Å². The minimum atomic E-state index is -4.53. The van der Waals surface area contributed by atoms with Gasteiger partial charge in [0, 0.05) is 17.3 Å². The number of hydrogen-bond donors (Lipinski definition) is 3. The normalized spacial score (nSPS) is 20.7. The summed E-state index contributed by atoms with van der Waals surface area (Å²) < 4.78 is 46.5. The smallest absolute Gasteiger partial charge is 0.416 e. The van der Waals surface area contributed by atoms with E-state index in [1.54, 1.807) is 6.92 Å². The summed E-state index contributed by atoms with van der Waals surface area (Å²) in [6, 6.07) is 3.31. The van der Waals surface area contributed by atoms with Crippen molar-refractivity contribution in [3.8, 4) is 17.0 Å². The summed E-state index contributed by atoms with van der Waals surface area (Å²) in [5.74, 6) is 0.414.